The molecule has 0 saturated heterocycles. The van der Waals surface area contributed by atoms with E-state index in [0.29, 0.717) is 17.6 Å². The quantitative estimate of drug-likeness (QED) is 0.242. The Hall–Kier alpha value is -1.61. The first-order valence-corrected chi connectivity index (χ1v) is 9.27. The summed E-state index contributed by atoms with van der Waals surface area (Å²) in [5.74, 6) is 0.601. The summed E-state index contributed by atoms with van der Waals surface area (Å²) in [6.07, 6.45) is 4.04. The van der Waals surface area contributed by atoms with E-state index in [2.05, 4.69) is 17.2 Å². The van der Waals surface area contributed by atoms with Crippen molar-refractivity contribution in [1.29, 1.82) is 0 Å². The number of amides is 1. The van der Waals surface area contributed by atoms with Crippen LogP contribution in [0.1, 0.15) is 29.6 Å². The Morgan fingerprint density at radius 1 is 1.08 bits per heavy atom. The predicted octanol–water partition coefficient (Wildman–Crippen LogP) is 0.302. The van der Waals surface area contributed by atoms with Gasteiger partial charge >= 0.3 is 7.12 Å². The van der Waals surface area contributed by atoms with Crippen molar-refractivity contribution in [2.45, 2.75) is 19.3 Å². The van der Waals surface area contributed by atoms with E-state index in [1.807, 2.05) is 0 Å². The van der Waals surface area contributed by atoms with Crippen molar-refractivity contribution in [1.82, 2.24) is 10.6 Å². The molecule has 1 rings (SSSR count). The van der Waals surface area contributed by atoms with Crippen molar-refractivity contribution >= 4 is 35.4 Å². The Kier molecular flexibility index (Phi) is 10.9. The Balaban J connectivity index is 2.03. The normalized spacial score (nSPS) is 10.3. The monoisotopic (exact) mass is 364 g/mol. The number of hydrogen-bond donors (Lipinski definition) is 4. The van der Waals surface area contributed by atoms with Gasteiger partial charge in [0.1, 0.15) is 0 Å². The van der Waals surface area contributed by atoms with Gasteiger partial charge in [0.15, 0.2) is 0 Å². The maximum atomic E-state index is 12.0. The Labute approximate surface area is 153 Å². The summed E-state index contributed by atoms with van der Waals surface area (Å²) in [5, 5.41) is 24.0. The van der Waals surface area contributed by atoms with Crippen LogP contribution >= 0.6 is 11.8 Å². The van der Waals surface area contributed by atoms with Crippen molar-refractivity contribution < 1.29 is 19.6 Å². The summed E-state index contributed by atoms with van der Waals surface area (Å²) in [7, 11) is -1.51. The van der Waals surface area contributed by atoms with E-state index >= 15 is 0 Å². The molecular weight excluding hydrogens is 339 g/mol. The van der Waals surface area contributed by atoms with Crippen LogP contribution in [-0.4, -0.2) is 53.6 Å². The highest BCUT2D eigenvalue weighted by Gasteiger charge is 2.12. The van der Waals surface area contributed by atoms with Gasteiger partial charge in [0.2, 0.25) is 11.0 Å². The highest BCUT2D eigenvalue weighted by molar-refractivity contribution is 8.14. The van der Waals surface area contributed by atoms with Crippen LogP contribution in [0.2, 0.25) is 0 Å². The second-order valence-electron chi connectivity index (χ2n) is 5.44. The summed E-state index contributed by atoms with van der Waals surface area (Å²) in [5.41, 5.74) is 0.936. The fourth-order valence-corrected chi connectivity index (χ4v) is 2.85. The van der Waals surface area contributed by atoms with Crippen LogP contribution in [0.5, 0.6) is 0 Å². The van der Waals surface area contributed by atoms with E-state index in [1.165, 1.54) is 17.8 Å². The van der Waals surface area contributed by atoms with Gasteiger partial charge in [-0.1, -0.05) is 42.6 Å². The lowest BCUT2D eigenvalue weighted by molar-refractivity contribution is -0.116. The summed E-state index contributed by atoms with van der Waals surface area (Å²) in [4.78, 5) is 22.9. The first-order chi connectivity index (χ1) is 12.0. The number of nitrogens with one attached hydrogen (secondary N) is 2. The zero-order valence-corrected chi connectivity index (χ0v) is 15.1. The van der Waals surface area contributed by atoms with Gasteiger partial charge in [-0.2, -0.15) is 0 Å². The lowest BCUT2D eigenvalue weighted by Crippen LogP contribution is -2.29. The van der Waals surface area contributed by atoms with Crippen molar-refractivity contribution in [3.8, 4) is 0 Å². The Morgan fingerprint density at radius 2 is 1.76 bits per heavy atom. The van der Waals surface area contributed by atoms with Crippen LogP contribution in [0.25, 0.3) is 0 Å². The summed E-state index contributed by atoms with van der Waals surface area (Å²) in [6.45, 7) is 5.74. The smallest absolute Gasteiger partial charge is 0.423 e. The minimum atomic E-state index is -1.51. The largest absolute Gasteiger partial charge is 0.488 e. The number of carbonyl (C=O) groups excluding carboxylic acids is 2. The molecule has 0 heterocycles. The molecule has 8 heteroatoms. The van der Waals surface area contributed by atoms with Crippen LogP contribution in [0, 0.1) is 0 Å². The van der Waals surface area contributed by atoms with Crippen LogP contribution in [-0.2, 0) is 4.79 Å². The molecule has 0 fully saturated rings. The van der Waals surface area contributed by atoms with E-state index in [-0.39, 0.29) is 11.0 Å². The minimum absolute atomic E-state index is 0.00935. The number of rotatable bonds is 12. The molecule has 0 aliphatic rings. The molecule has 4 N–H and O–H groups in total. The molecule has 136 valence electrons. The molecule has 0 atom stereocenters. The topological polar surface area (TPSA) is 98.7 Å². The number of carbonyl (C=O) groups is 2. The van der Waals surface area contributed by atoms with Crippen LogP contribution in [0.3, 0.4) is 0 Å². The van der Waals surface area contributed by atoms with E-state index in [0.717, 1.165) is 38.1 Å². The van der Waals surface area contributed by atoms with Crippen molar-refractivity contribution in [3.05, 3.63) is 42.5 Å². The third-order valence-corrected chi connectivity index (χ3v) is 4.43. The van der Waals surface area contributed by atoms with E-state index in [4.69, 9.17) is 10.0 Å². The van der Waals surface area contributed by atoms with Gasteiger partial charge in [-0.3, -0.25) is 9.59 Å². The van der Waals surface area contributed by atoms with Gasteiger partial charge in [0.25, 0.3) is 0 Å². The van der Waals surface area contributed by atoms with E-state index in [1.54, 1.807) is 24.3 Å². The van der Waals surface area contributed by atoms with Crippen LogP contribution in [0.15, 0.2) is 36.9 Å². The molecule has 0 aliphatic carbocycles. The highest BCUT2D eigenvalue weighted by atomic mass is 32.2. The summed E-state index contributed by atoms with van der Waals surface area (Å²) >= 11 is 1.27. The van der Waals surface area contributed by atoms with Gasteiger partial charge in [0.05, 0.1) is 0 Å². The Bertz CT molecular complexity index is 552. The molecule has 0 radical (unpaired) electrons. The average Bonchev–Trinajstić information content (AvgIpc) is 2.62. The molecule has 6 nitrogen and oxygen atoms in total. The average molecular weight is 364 g/mol. The molecule has 25 heavy (non-hydrogen) atoms. The molecule has 1 aromatic rings. The molecule has 0 bridgehead atoms. The van der Waals surface area contributed by atoms with Gasteiger partial charge in [0, 0.05) is 17.9 Å². The molecule has 0 aromatic heterocycles. The number of benzene rings is 1. The lowest BCUT2D eigenvalue weighted by Gasteiger charge is -2.06. The third-order valence-electron chi connectivity index (χ3n) is 3.44. The van der Waals surface area contributed by atoms with Gasteiger partial charge in [-0.25, -0.2) is 0 Å². The van der Waals surface area contributed by atoms with Gasteiger partial charge in [-0.05, 0) is 43.9 Å². The third kappa shape index (κ3) is 9.45. The zero-order chi connectivity index (χ0) is 18.5. The fourth-order valence-electron chi connectivity index (χ4n) is 2.01. The molecule has 0 unspecified atom stereocenters. The SMILES string of the molecule is C=CC(=O)NCCCNCCCCSC(=O)c1ccc(B(O)O)cc1. The molecule has 0 saturated carbocycles. The molecule has 1 aromatic carbocycles. The fraction of sp³-hybridized carbons (Fsp3) is 0.412. The van der Waals surface area contributed by atoms with Crippen molar-refractivity contribution in [2.24, 2.45) is 0 Å². The molecule has 0 aliphatic heterocycles. The second-order valence-corrected chi connectivity index (χ2v) is 6.51. The highest BCUT2D eigenvalue weighted by Crippen LogP contribution is 2.13. The maximum Gasteiger partial charge on any atom is 0.488 e. The van der Waals surface area contributed by atoms with Crippen molar-refractivity contribution in [3.63, 3.8) is 0 Å². The lowest BCUT2D eigenvalue weighted by atomic mass is 9.80. The van der Waals surface area contributed by atoms with E-state index < -0.39 is 7.12 Å². The van der Waals surface area contributed by atoms with Crippen molar-refractivity contribution in [2.75, 3.05) is 25.4 Å². The molecule has 0 spiro atoms. The number of unbranched alkanes of at least 4 members (excludes halogenated alkanes) is 1. The number of hydrogen-bond acceptors (Lipinski definition) is 6. The second kappa shape index (κ2) is 12.7. The number of thioether (sulfide) groups is 1. The first-order valence-electron chi connectivity index (χ1n) is 8.29. The summed E-state index contributed by atoms with van der Waals surface area (Å²) in [6, 6.07) is 6.30. The first kappa shape index (κ1) is 21.4. The molecular formula is C17H25BN2O4S. The zero-order valence-electron chi connectivity index (χ0n) is 14.2. The Morgan fingerprint density at radius 3 is 2.40 bits per heavy atom. The standard InChI is InChI=1S/C17H25BN2O4S/c1-2-16(21)20-12-5-11-19-10-3-4-13-25-17(22)14-6-8-15(9-7-14)18(23)24/h2,6-9,19,23-24H,1,3-5,10-13H2,(H,20,21). The van der Waals surface area contributed by atoms with Gasteiger partial charge in [-0.15, -0.1) is 0 Å². The predicted molar refractivity (Wildman–Crippen MR) is 103 cm³/mol. The van der Waals surface area contributed by atoms with E-state index in [9.17, 15) is 9.59 Å². The van der Waals surface area contributed by atoms with Crippen LogP contribution < -0.4 is 16.1 Å². The minimum Gasteiger partial charge on any atom is -0.423 e. The summed E-state index contributed by atoms with van der Waals surface area (Å²) < 4.78 is 0. The maximum absolute atomic E-state index is 12.0. The van der Waals surface area contributed by atoms with Crippen LogP contribution in [0.4, 0.5) is 0 Å². The van der Waals surface area contributed by atoms with Gasteiger partial charge < -0.3 is 20.7 Å². The molecule has 1 amide bonds.